The van der Waals surface area contributed by atoms with Gasteiger partial charge in [-0.05, 0) is 99.2 Å². The number of pyridine rings is 1. The summed E-state index contributed by atoms with van der Waals surface area (Å²) in [6.45, 7) is 8.41. The van der Waals surface area contributed by atoms with Crippen molar-refractivity contribution in [2.75, 3.05) is 56.2 Å². The Kier molecular flexibility index (Phi) is 8.46. The molecule has 0 unspecified atom stereocenters. The number of benzene rings is 1. The molecule has 0 aliphatic carbocycles. The molecule has 1 aromatic carbocycles. The van der Waals surface area contributed by atoms with E-state index in [1.807, 2.05) is 32.3 Å². The van der Waals surface area contributed by atoms with Gasteiger partial charge in [-0.3, -0.25) is 4.98 Å². The summed E-state index contributed by atoms with van der Waals surface area (Å²) in [4.78, 5) is 18.4. The summed E-state index contributed by atoms with van der Waals surface area (Å²) >= 11 is 0. The molecule has 6 rings (SSSR count). The number of methoxy groups -OCH3 is 1. The molecular formula is C32H42N6O4S. The Morgan fingerprint density at radius 2 is 1.56 bits per heavy atom. The molecule has 1 spiro atoms. The Hall–Kier alpha value is -3.44. The van der Waals surface area contributed by atoms with Crippen LogP contribution in [-0.2, 0) is 10.0 Å². The molecule has 3 aromatic rings. The maximum Gasteiger partial charge on any atom is 0.318 e. The highest BCUT2D eigenvalue weighted by Gasteiger charge is 2.39. The predicted molar refractivity (Wildman–Crippen MR) is 166 cm³/mol. The highest BCUT2D eigenvalue weighted by Crippen LogP contribution is 2.43. The third-order valence-electron chi connectivity index (χ3n) is 9.58. The van der Waals surface area contributed by atoms with Crippen LogP contribution in [0.25, 0.3) is 0 Å². The molecule has 0 bridgehead atoms. The maximum atomic E-state index is 13.8. The summed E-state index contributed by atoms with van der Waals surface area (Å²) in [6, 6.07) is 9.71. The van der Waals surface area contributed by atoms with Crippen LogP contribution in [0.5, 0.6) is 11.8 Å². The van der Waals surface area contributed by atoms with E-state index in [0.717, 1.165) is 57.7 Å². The van der Waals surface area contributed by atoms with Gasteiger partial charge in [-0.2, -0.15) is 9.29 Å². The molecule has 3 aliphatic rings. The zero-order chi connectivity index (χ0) is 30.0. The Balaban J connectivity index is 1.06. The van der Waals surface area contributed by atoms with E-state index in [1.54, 1.807) is 29.7 Å². The summed E-state index contributed by atoms with van der Waals surface area (Å²) in [5.74, 6) is 1.53. The normalized spacial score (nSPS) is 20.9. The Bertz CT molecular complexity index is 1490. The second-order valence-electron chi connectivity index (χ2n) is 12.2. The topological polar surface area (TPSA) is 101 Å². The van der Waals surface area contributed by atoms with Crippen molar-refractivity contribution in [2.24, 2.45) is 5.41 Å². The number of rotatable bonds is 8. The highest BCUT2D eigenvalue weighted by molar-refractivity contribution is 7.89. The van der Waals surface area contributed by atoms with Crippen LogP contribution in [0.15, 0.2) is 53.8 Å². The van der Waals surface area contributed by atoms with Crippen molar-refractivity contribution in [1.29, 1.82) is 0 Å². The van der Waals surface area contributed by atoms with Crippen LogP contribution < -0.4 is 19.3 Å². The third kappa shape index (κ3) is 6.15. The van der Waals surface area contributed by atoms with Crippen LogP contribution in [0.1, 0.15) is 49.7 Å². The standard InChI is InChI=1S/C32H42N6O4S/c1-24-21-28(41-3)22-25(2)30(24)43(39,40)38-16-4-5-27(38)23-42-31-34-15-8-29(35-31)37-19-11-32(12-20-37)9-17-36(18-10-32)26-6-13-33-14-7-26/h6-8,13-15,21-22,27H,4-5,9-12,16-20,23H2,1-3H3/t27-/m0/s1. The molecule has 0 amide bonds. The summed E-state index contributed by atoms with van der Waals surface area (Å²) in [7, 11) is -2.11. The van der Waals surface area contributed by atoms with Gasteiger partial charge in [0.15, 0.2) is 0 Å². The van der Waals surface area contributed by atoms with Crippen molar-refractivity contribution in [1.82, 2.24) is 19.3 Å². The first kappa shape index (κ1) is 29.6. The van der Waals surface area contributed by atoms with Gasteiger partial charge in [-0.1, -0.05) is 0 Å². The summed E-state index contributed by atoms with van der Waals surface area (Å²) < 4.78 is 40.5. The Morgan fingerprint density at radius 1 is 0.907 bits per heavy atom. The number of ether oxygens (including phenoxy) is 2. The molecule has 2 aromatic heterocycles. The molecule has 0 N–H and O–H groups in total. The zero-order valence-electron chi connectivity index (χ0n) is 25.4. The lowest BCUT2D eigenvalue weighted by Crippen LogP contribution is -2.47. The van der Waals surface area contributed by atoms with Gasteiger partial charge in [0.05, 0.1) is 18.0 Å². The zero-order valence-corrected chi connectivity index (χ0v) is 26.2. The smallest absolute Gasteiger partial charge is 0.318 e. The SMILES string of the molecule is COc1cc(C)c(S(=O)(=O)N2CCC[C@H]2COc2nccc(N3CCC4(CCN(c5ccncc5)CC4)CC3)n2)c(C)c1. The average molecular weight is 607 g/mol. The minimum atomic E-state index is -3.69. The van der Waals surface area contributed by atoms with Crippen molar-refractivity contribution in [3.05, 3.63) is 60.0 Å². The number of hydrogen-bond donors (Lipinski definition) is 0. The predicted octanol–water partition coefficient (Wildman–Crippen LogP) is 4.62. The van der Waals surface area contributed by atoms with Crippen LogP contribution in [0, 0.1) is 19.3 Å². The monoisotopic (exact) mass is 606 g/mol. The lowest BCUT2D eigenvalue weighted by molar-refractivity contribution is 0.166. The second-order valence-corrected chi connectivity index (χ2v) is 14.0. The fourth-order valence-electron chi connectivity index (χ4n) is 7.10. The quantitative estimate of drug-likeness (QED) is 0.364. The van der Waals surface area contributed by atoms with Crippen molar-refractivity contribution >= 4 is 21.5 Å². The van der Waals surface area contributed by atoms with E-state index in [9.17, 15) is 8.42 Å². The number of anilines is 2. The van der Waals surface area contributed by atoms with Gasteiger partial charge < -0.3 is 19.3 Å². The molecule has 11 heteroatoms. The molecule has 0 saturated carbocycles. The summed E-state index contributed by atoms with van der Waals surface area (Å²) in [5, 5.41) is 0. The molecule has 3 saturated heterocycles. The van der Waals surface area contributed by atoms with Crippen LogP contribution in [0.2, 0.25) is 0 Å². The van der Waals surface area contributed by atoms with E-state index in [1.165, 1.54) is 18.5 Å². The molecule has 0 radical (unpaired) electrons. The second kappa shape index (κ2) is 12.3. The largest absolute Gasteiger partial charge is 0.497 e. The average Bonchev–Trinajstić information content (AvgIpc) is 3.51. The maximum absolute atomic E-state index is 13.8. The molecule has 3 fully saturated rings. The molecule has 230 valence electrons. The van der Waals surface area contributed by atoms with Gasteiger partial charge in [0.25, 0.3) is 0 Å². The summed E-state index contributed by atoms with van der Waals surface area (Å²) in [5.41, 5.74) is 3.02. The minimum absolute atomic E-state index is 0.216. The molecular weight excluding hydrogens is 564 g/mol. The lowest BCUT2D eigenvalue weighted by Gasteiger charge is -2.47. The first-order valence-electron chi connectivity index (χ1n) is 15.3. The van der Waals surface area contributed by atoms with E-state index in [0.29, 0.717) is 39.7 Å². The fourth-order valence-corrected chi connectivity index (χ4v) is 9.19. The van der Waals surface area contributed by atoms with E-state index in [4.69, 9.17) is 14.5 Å². The van der Waals surface area contributed by atoms with Crippen LogP contribution >= 0.6 is 0 Å². The molecule has 3 aliphatic heterocycles. The van der Waals surface area contributed by atoms with Gasteiger partial charge >= 0.3 is 6.01 Å². The van der Waals surface area contributed by atoms with Crippen LogP contribution in [-0.4, -0.2) is 80.2 Å². The van der Waals surface area contributed by atoms with E-state index < -0.39 is 10.0 Å². The Labute approximate surface area is 255 Å². The first-order valence-corrected chi connectivity index (χ1v) is 16.7. The number of piperidine rings is 2. The number of sulfonamides is 1. The number of aromatic nitrogens is 3. The third-order valence-corrected chi connectivity index (χ3v) is 11.8. The van der Waals surface area contributed by atoms with Gasteiger partial charge in [-0.25, -0.2) is 13.4 Å². The van der Waals surface area contributed by atoms with Crippen molar-refractivity contribution < 1.29 is 17.9 Å². The van der Waals surface area contributed by atoms with Crippen molar-refractivity contribution in [3.63, 3.8) is 0 Å². The lowest BCUT2D eigenvalue weighted by atomic mass is 9.71. The van der Waals surface area contributed by atoms with Crippen LogP contribution in [0.4, 0.5) is 11.5 Å². The Morgan fingerprint density at radius 3 is 2.21 bits per heavy atom. The van der Waals surface area contributed by atoms with Crippen LogP contribution in [0.3, 0.4) is 0 Å². The number of hydrogen-bond acceptors (Lipinski definition) is 9. The van der Waals surface area contributed by atoms with Crippen molar-refractivity contribution in [3.8, 4) is 11.8 Å². The van der Waals surface area contributed by atoms with Gasteiger partial charge in [-0.15, -0.1) is 0 Å². The minimum Gasteiger partial charge on any atom is -0.497 e. The van der Waals surface area contributed by atoms with E-state index in [2.05, 4.69) is 31.9 Å². The molecule has 43 heavy (non-hydrogen) atoms. The fraction of sp³-hybridized carbons (Fsp3) is 0.531. The van der Waals surface area contributed by atoms with E-state index in [-0.39, 0.29) is 12.6 Å². The molecule has 1 atom stereocenters. The number of aryl methyl sites for hydroxylation is 2. The van der Waals surface area contributed by atoms with Gasteiger partial charge in [0.1, 0.15) is 18.2 Å². The highest BCUT2D eigenvalue weighted by atomic mass is 32.2. The first-order chi connectivity index (χ1) is 20.8. The molecule has 5 heterocycles. The molecule has 10 nitrogen and oxygen atoms in total. The summed E-state index contributed by atoms with van der Waals surface area (Å²) in [6.07, 6.45) is 11.7. The van der Waals surface area contributed by atoms with E-state index >= 15 is 0 Å². The van der Waals surface area contributed by atoms with Gasteiger partial charge in [0.2, 0.25) is 10.0 Å². The van der Waals surface area contributed by atoms with Gasteiger partial charge in [0, 0.05) is 57.0 Å². The number of nitrogens with zero attached hydrogens (tertiary/aromatic N) is 6. The van der Waals surface area contributed by atoms with Crippen molar-refractivity contribution in [2.45, 2.75) is 63.3 Å².